The van der Waals surface area contributed by atoms with Crippen LogP contribution in [0, 0.1) is 11.6 Å². The van der Waals surface area contributed by atoms with Crippen molar-refractivity contribution in [1.82, 2.24) is 10.6 Å². The topological polar surface area (TPSA) is 70.6 Å². The van der Waals surface area contributed by atoms with Crippen molar-refractivity contribution in [2.45, 2.75) is 32.1 Å². The molecular formula is C15H24F2IN3O2S. The number of aliphatic imine (C=N–C) groups is 1. The molecule has 5 nitrogen and oxygen atoms in total. The highest BCUT2D eigenvalue weighted by Gasteiger charge is 2.28. The summed E-state index contributed by atoms with van der Waals surface area (Å²) < 4.78 is 49.8. The van der Waals surface area contributed by atoms with Crippen LogP contribution >= 0.6 is 24.0 Å². The van der Waals surface area contributed by atoms with E-state index in [1.54, 1.807) is 20.8 Å². The molecule has 2 N–H and O–H groups in total. The lowest BCUT2D eigenvalue weighted by Gasteiger charge is -2.19. The van der Waals surface area contributed by atoms with Crippen LogP contribution in [-0.2, 0) is 16.4 Å². The zero-order valence-electron chi connectivity index (χ0n) is 14.2. The normalized spacial score (nSPS) is 12.5. The molecule has 0 radical (unpaired) electrons. The van der Waals surface area contributed by atoms with Crippen LogP contribution in [0.2, 0.25) is 0 Å². The van der Waals surface area contributed by atoms with E-state index in [1.165, 1.54) is 7.05 Å². The van der Waals surface area contributed by atoms with Crippen LogP contribution < -0.4 is 10.6 Å². The van der Waals surface area contributed by atoms with Gasteiger partial charge in [-0.05, 0) is 39.0 Å². The van der Waals surface area contributed by atoms with Crippen molar-refractivity contribution >= 4 is 39.8 Å². The summed E-state index contributed by atoms with van der Waals surface area (Å²) in [7, 11) is -1.73. The number of benzene rings is 1. The highest BCUT2D eigenvalue weighted by Crippen LogP contribution is 2.15. The summed E-state index contributed by atoms with van der Waals surface area (Å²) in [5, 5.41) is 5.66. The summed E-state index contributed by atoms with van der Waals surface area (Å²) in [6.07, 6.45) is 0. The number of sulfone groups is 1. The number of nitrogens with zero attached hydrogens (tertiary/aromatic N) is 1. The molecule has 1 rings (SSSR count). The third-order valence-electron chi connectivity index (χ3n) is 3.27. The van der Waals surface area contributed by atoms with Crippen molar-refractivity contribution in [3.05, 3.63) is 35.4 Å². The Balaban J connectivity index is 0.00000529. The molecule has 0 aliphatic rings. The Bertz CT molecular complexity index is 674. The molecule has 0 amide bonds. The largest absolute Gasteiger partial charge is 0.355 e. The van der Waals surface area contributed by atoms with E-state index in [1.807, 2.05) is 0 Å². The molecule has 1 aromatic rings. The first kappa shape index (κ1) is 23.0. The van der Waals surface area contributed by atoms with Gasteiger partial charge in [-0.15, -0.1) is 24.0 Å². The summed E-state index contributed by atoms with van der Waals surface area (Å²) in [6, 6.07) is 3.20. The van der Waals surface area contributed by atoms with Gasteiger partial charge < -0.3 is 10.6 Å². The van der Waals surface area contributed by atoms with Crippen LogP contribution in [0.4, 0.5) is 8.78 Å². The Hall–Kier alpha value is -0.970. The minimum atomic E-state index is -3.24. The monoisotopic (exact) mass is 475 g/mol. The maximum Gasteiger partial charge on any atom is 0.191 e. The van der Waals surface area contributed by atoms with Crippen molar-refractivity contribution < 1.29 is 17.2 Å². The lowest BCUT2D eigenvalue weighted by molar-refractivity contribution is 0.558. The molecule has 9 heteroatoms. The van der Waals surface area contributed by atoms with Crippen LogP contribution in [-0.4, -0.2) is 38.5 Å². The molecule has 0 spiro atoms. The van der Waals surface area contributed by atoms with Crippen LogP contribution in [0.25, 0.3) is 0 Å². The van der Waals surface area contributed by atoms with Gasteiger partial charge in [0, 0.05) is 25.7 Å². The van der Waals surface area contributed by atoms with E-state index in [4.69, 9.17) is 0 Å². The van der Waals surface area contributed by atoms with E-state index in [9.17, 15) is 17.2 Å². The fourth-order valence-corrected chi connectivity index (χ4v) is 2.67. The number of hydrogen-bond acceptors (Lipinski definition) is 3. The fourth-order valence-electron chi connectivity index (χ4n) is 1.69. The first-order chi connectivity index (χ1) is 10.6. The predicted molar refractivity (Wildman–Crippen MR) is 104 cm³/mol. The maximum absolute atomic E-state index is 13.5. The Morgan fingerprint density at radius 2 is 1.83 bits per heavy atom. The molecule has 0 saturated carbocycles. The number of halogens is 3. The van der Waals surface area contributed by atoms with E-state index in [2.05, 4.69) is 15.6 Å². The molecule has 0 aromatic heterocycles. The average molecular weight is 475 g/mol. The quantitative estimate of drug-likeness (QED) is 0.390. The summed E-state index contributed by atoms with van der Waals surface area (Å²) in [4.78, 5) is 3.92. The van der Waals surface area contributed by atoms with Crippen molar-refractivity contribution in [2.24, 2.45) is 4.99 Å². The second-order valence-electron chi connectivity index (χ2n) is 6.02. The molecule has 0 aliphatic heterocycles. The molecule has 0 atom stereocenters. The lowest BCUT2D eigenvalue weighted by atomic mass is 10.2. The van der Waals surface area contributed by atoms with Crippen molar-refractivity contribution in [3.8, 4) is 0 Å². The molecule has 0 bridgehead atoms. The second kappa shape index (κ2) is 9.50. The van der Waals surface area contributed by atoms with Gasteiger partial charge in [0.2, 0.25) is 0 Å². The molecule has 0 saturated heterocycles. The molecule has 0 aliphatic carbocycles. The van der Waals surface area contributed by atoms with Gasteiger partial charge in [-0.1, -0.05) is 0 Å². The smallest absolute Gasteiger partial charge is 0.191 e. The summed E-state index contributed by atoms with van der Waals surface area (Å²) in [5.41, 5.74) is 0.162. The van der Waals surface area contributed by atoms with Gasteiger partial charge in [-0.3, -0.25) is 4.99 Å². The van der Waals surface area contributed by atoms with E-state index in [-0.39, 0.29) is 48.4 Å². The molecule has 0 fully saturated rings. The van der Waals surface area contributed by atoms with Gasteiger partial charge in [-0.2, -0.15) is 0 Å². The molecule has 138 valence electrons. The maximum atomic E-state index is 13.5. The Kier molecular flexibility index (Phi) is 9.11. The highest BCUT2D eigenvalue weighted by molar-refractivity contribution is 14.0. The summed E-state index contributed by atoms with van der Waals surface area (Å²) in [6.45, 7) is 5.13. The van der Waals surface area contributed by atoms with E-state index >= 15 is 0 Å². The van der Waals surface area contributed by atoms with Crippen molar-refractivity contribution in [2.75, 3.05) is 19.3 Å². The first-order valence-electron chi connectivity index (χ1n) is 7.17. The van der Waals surface area contributed by atoms with Crippen LogP contribution in [0.15, 0.2) is 23.2 Å². The summed E-state index contributed by atoms with van der Waals surface area (Å²) >= 11 is 0. The SMILES string of the molecule is CN=C(NCCS(=O)(=O)C(C)(C)C)NCc1cc(F)ccc1F.I. The van der Waals surface area contributed by atoms with Crippen LogP contribution in [0.3, 0.4) is 0 Å². The third kappa shape index (κ3) is 6.88. The van der Waals surface area contributed by atoms with Gasteiger partial charge in [0.25, 0.3) is 0 Å². The fraction of sp³-hybridized carbons (Fsp3) is 0.533. The van der Waals surface area contributed by atoms with Gasteiger partial charge in [0.05, 0.1) is 10.5 Å². The van der Waals surface area contributed by atoms with E-state index in [0.29, 0.717) is 5.96 Å². The van der Waals surface area contributed by atoms with Gasteiger partial charge in [0.1, 0.15) is 11.6 Å². The number of guanidine groups is 1. The number of hydrogen-bond donors (Lipinski definition) is 2. The van der Waals surface area contributed by atoms with Crippen molar-refractivity contribution in [1.29, 1.82) is 0 Å². The lowest BCUT2D eigenvalue weighted by Crippen LogP contribution is -2.41. The average Bonchev–Trinajstić information content (AvgIpc) is 2.44. The zero-order chi connectivity index (χ0) is 17.7. The first-order valence-corrected chi connectivity index (χ1v) is 8.83. The van der Waals surface area contributed by atoms with Gasteiger partial charge >= 0.3 is 0 Å². The minimum Gasteiger partial charge on any atom is -0.355 e. The molecular weight excluding hydrogens is 451 g/mol. The standard InChI is InChI=1S/C15H23F2N3O2S.HI/c1-15(2,3)23(21,22)8-7-19-14(18-4)20-10-11-9-12(16)5-6-13(11)17;/h5-6,9H,7-8,10H2,1-4H3,(H2,18,19,20);1H. The Morgan fingerprint density at radius 3 is 2.38 bits per heavy atom. The second-order valence-corrected chi connectivity index (χ2v) is 8.88. The molecule has 0 unspecified atom stereocenters. The van der Waals surface area contributed by atoms with Crippen molar-refractivity contribution in [3.63, 3.8) is 0 Å². The predicted octanol–water partition coefficient (Wildman–Crippen LogP) is 2.46. The van der Waals surface area contributed by atoms with Gasteiger partial charge in [-0.25, -0.2) is 17.2 Å². The minimum absolute atomic E-state index is 0. The van der Waals surface area contributed by atoms with Crippen LogP contribution in [0.5, 0.6) is 0 Å². The van der Waals surface area contributed by atoms with Gasteiger partial charge in [0.15, 0.2) is 15.8 Å². The Labute approximate surface area is 159 Å². The number of rotatable bonds is 5. The zero-order valence-corrected chi connectivity index (χ0v) is 17.3. The number of nitrogens with one attached hydrogen (secondary N) is 2. The van der Waals surface area contributed by atoms with Crippen LogP contribution in [0.1, 0.15) is 26.3 Å². The van der Waals surface area contributed by atoms with E-state index in [0.717, 1.165) is 18.2 Å². The third-order valence-corrected chi connectivity index (χ3v) is 5.88. The Morgan fingerprint density at radius 1 is 1.21 bits per heavy atom. The molecule has 24 heavy (non-hydrogen) atoms. The molecule has 0 heterocycles. The highest BCUT2D eigenvalue weighted by atomic mass is 127. The molecule has 1 aromatic carbocycles. The summed E-state index contributed by atoms with van der Waals surface area (Å²) in [5.74, 6) is -0.782. The van der Waals surface area contributed by atoms with E-state index < -0.39 is 26.2 Å².